The van der Waals surface area contributed by atoms with Gasteiger partial charge in [-0.15, -0.1) is 0 Å². The summed E-state index contributed by atoms with van der Waals surface area (Å²) >= 11 is 0. The summed E-state index contributed by atoms with van der Waals surface area (Å²) in [6, 6.07) is 0. The van der Waals surface area contributed by atoms with Crippen LogP contribution in [0, 0.1) is 17.8 Å². The molecule has 0 aliphatic carbocycles. The first-order valence-electron chi connectivity index (χ1n) is 8.11. The lowest BCUT2D eigenvalue weighted by atomic mass is 9.82. The predicted molar refractivity (Wildman–Crippen MR) is 84.3 cm³/mol. The van der Waals surface area contributed by atoms with Crippen LogP contribution in [-0.2, 0) is 0 Å². The molecule has 0 amide bonds. The zero-order valence-electron chi connectivity index (χ0n) is 13.7. The van der Waals surface area contributed by atoms with E-state index in [1.165, 1.54) is 32.5 Å². The van der Waals surface area contributed by atoms with Gasteiger partial charge in [0, 0.05) is 12.1 Å². The maximum absolute atomic E-state index is 6.08. The van der Waals surface area contributed by atoms with Gasteiger partial charge in [-0.05, 0) is 56.8 Å². The highest BCUT2D eigenvalue weighted by Crippen LogP contribution is 2.24. The van der Waals surface area contributed by atoms with Crippen molar-refractivity contribution in [1.29, 1.82) is 0 Å². The second-order valence-electron chi connectivity index (χ2n) is 6.95. The number of nitrogens with two attached hydrogens (primary N) is 1. The lowest BCUT2D eigenvalue weighted by Crippen LogP contribution is -2.58. The molecular formula is C16H35N3. The molecule has 1 aliphatic rings. The van der Waals surface area contributed by atoms with Crippen molar-refractivity contribution in [3.05, 3.63) is 0 Å². The SMILES string of the molecule is CCN1CCC(CN)(NCC(C(C)C)C(C)C)CC1. The molecule has 0 unspecified atom stereocenters. The molecule has 1 heterocycles. The Kier molecular flexibility index (Phi) is 6.78. The molecule has 0 aromatic carbocycles. The molecule has 3 nitrogen and oxygen atoms in total. The molecule has 1 fully saturated rings. The Morgan fingerprint density at radius 2 is 1.63 bits per heavy atom. The van der Waals surface area contributed by atoms with Gasteiger partial charge in [0.1, 0.15) is 0 Å². The molecule has 3 heteroatoms. The van der Waals surface area contributed by atoms with E-state index in [4.69, 9.17) is 5.73 Å². The highest BCUT2D eigenvalue weighted by Gasteiger charge is 2.33. The Morgan fingerprint density at radius 3 is 2.00 bits per heavy atom. The van der Waals surface area contributed by atoms with Crippen molar-refractivity contribution < 1.29 is 0 Å². The molecule has 0 bridgehead atoms. The van der Waals surface area contributed by atoms with Crippen LogP contribution in [0.5, 0.6) is 0 Å². The molecule has 3 N–H and O–H groups in total. The minimum atomic E-state index is 0.188. The first-order valence-corrected chi connectivity index (χ1v) is 8.11. The summed E-state index contributed by atoms with van der Waals surface area (Å²) in [5.41, 5.74) is 6.27. The van der Waals surface area contributed by atoms with E-state index in [1.807, 2.05) is 0 Å². The standard InChI is InChI=1S/C16H35N3/c1-6-19-9-7-16(12-17,8-10-19)18-11-15(13(2)3)14(4)5/h13-15,18H,6-12,17H2,1-5H3. The van der Waals surface area contributed by atoms with Crippen molar-refractivity contribution in [1.82, 2.24) is 10.2 Å². The second-order valence-corrected chi connectivity index (χ2v) is 6.95. The van der Waals surface area contributed by atoms with Crippen LogP contribution in [0.15, 0.2) is 0 Å². The van der Waals surface area contributed by atoms with Crippen molar-refractivity contribution in [2.24, 2.45) is 23.5 Å². The van der Waals surface area contributed by atoms with Crippen molar-refractivity contribution in [2.45, 2.75) is 53.0 Å². The molecule has 0 aromatic rings. The average Bonchev–Trinajstić information content (AvgIpc) is 2.38. The van der Waals surface area contributed by atoms with E-state index in [0.29, 0.717) is 0 Å². The normalized spacial score (nSPS) is 20.7. The van der Waals surface area contributed by atoms with Gasteiger partial charge in [-0.1, -0.05) is 34.6 Å². The van der Waals surface area contributed by atoms with Crippen molar-refractivity contribution in [3.8, 4) is 0 Å². The van der Waals surface area contributed by atoms with Gasteiger partial charge in [0.2, 0.25) is 0 Å². The van der Waals surface area contributed by atoms with E-state index >= 15 is 0 Å². The van der Waals surface area contributed by atoms with Crippen LogP contribution in [0.25, 0.3) is 0 Å². The van der Waals surface area contributed by atoms with Crippen LogP contribution >= 0.6 is 0 Å². The van der Waals surface area contributed by atoms with Gasteiger partial charge >= 0.3 is 0 Å². The molecule has 1 aliphatic heterocycles. The highest BCUT2D eigenvalue weighted by atomic mass is 15.2. The summed E-state index contributed by atoms with van der Waals surface area (Å²) < 4.78 is 0. The number of rotatable bonds is 7. The molecule has 114 valence electrons. The number of nitrogens with one attached hydrogen (secondary N) is 1. The van der Waals surface area contributed by atoms with Gasteiger partial charge < -0.3 is 16.0 Å². The van der Waals surface area contributed by atoms with E-state index in [1.54, 1.807) is 0 Å². The third-order valence-electron chi connectivity index (χ3n) is 5.08. The number of likely N-dealkylation sites (tertiary alicyclic amines) is 1. The van der Waals surface area contributed by atoms with Gasteiger partial charge in [-0.25, -0.2) is 0 Å². The Hall–Kier alpha value is -0.120. The van der Waals surface area contributed by atoms with Gasteiger partial charge in [0.15, 0.2) is 0 Å². The minimum absolute atomic E-state index is 0.188. The van der Waals surface area contributed by atoms with Crippen LogP contribution in [0.1, 0.15) is 47.5 Å². The summed E-state index contributed by atoms with van der Waals surface area (Å²) in [5, 5.41) is 3.84. The zero-order chi connectivity index (χ0) is 14.5. The minimum Gasteiger partial charge on any atom is -0.329 e. The van der Waals surface area contributed by atoms with Gasteiger partial charge in [0.25, 0.3) is 0 Å². The van der Waals surface area contributed by atoms with E-state index in [0.717, 1.165) is 30.8 Å². The first kappa shape index (κ1) is 16.9. The van der Waals surface area contributed by atoms with E-state index < -0.39 is 0 Å². The lowest BCUT2D eigenvalue weighted by Gasteiger charge is -2.43. The number of piperidine rings is 1. The number of hydrogen-bond donors (Lipinski definition) is 2. The molecule has 0 spiro atoms. The second kappa shape index (κ2) is 7.61. The maximum atomic E-state index is 6.08. The van der Waals surface area contributed by atoms with Crippen molar-refractivity contribution in [3.63, 3.8) is 0 Å². The van der Waals surface area contributed by atoms with Gasteiger partial charge in [0.05, 0.1) is 0 Å². The molecule has 1 saturated heterocycles. The van der Waals surface area contributed by atoms with Crippen LogP contribution < -0.4 is 11.1 Å². The Balaban J connectivity index is 2.52. The molecular weight excluding hydrogens is 234 g/mol. The summed E-state index contributed by atoms with van der Waals surface area (Å²) in [5.74, 6) is 2.21. The predicted octanol–water partition coefficient (Wildman–Crippen LogP) is 2.32. The molecule has 0 radical (unpaired) electrons. The topological polar surface area (TPSA) is 41.3 Å². The van der Waals surface area contributed by atoms with Crippen LogP contribution in [0.4, 0.5) is 0 Å². The van der Waals surface area contributed by atoms with E-state index in [2.05, 4.69) is 44.8 Å². The lowest BCUT2D eigenvalue weighted by molar-refractivity contribution is 0.130. The fraction of sp³-hybridized carbons (Fsp3) is 1.00. The fourth-order valence-electron chi connectivity index (χ4n) is 3.33. The summed E-state index contributed by atoms with van der Waals surface area (Å²) in [7, 11) is 0. The van der Waals surface area contributed by atoms with E-state index in [-0.39, 0.29) is 5.54 Å². The van der Waals surface area contributed by atoms with Gasteiger partial charge in [-0.2, -0.15) is 0 Å². The monoisotopic (exact) mass is 269 g/mol. The average molecular weight is 269 g/mol. The van der Waals surface area contributed by atoms with Crippen molar-refractivity contribution >= 4 is 0 Å². The van der Waals surface area contributed by atoms with Gasteiger partial charge in [-0.3, -0.25) is 0 Å². The third-order valence-corrected chi connectivity index (χ3v) is 5.08. The molecule has 0 atom stereocenters. The molecule has 19 heavy (non-hydrogen) atoms. The van der Waals surface area contributed by atoms with Crippen LogP contribution in [0.3, 0.4) is 0 Å². The molecule has 1 rings (SSSR count). The fourth-order valence-corrected chi connectivity index (χ4v) is 3.33. The Morgan fingerprint density at radius 1 is 1.11 bits per heavy atom. The number of hydrogen-bond acceptors (Lipinski definition) is 3. The van der Waals surface area contributed by atoms with Crippen LogP contribution in [0.2, 0.25) is 0 Å². The maximum Gasteiger partial charge on any atom is 0.0328 e. The van der Waals surface area contributed by atoms with E-state index in [9.17, 15) is 0 Å². The summed E-state index contributed by atoms with van der Waals surface area (Å²) in [6.07, 6.45) is 2.39. The zero-order valence-corrected chi connectivity index (χ0v) is 13.7. The van der Waals surface area contributed by atoms with Crippen LogP contribution in [-0.4, -0.2) is 43.2 Å². The molecule has 0 saturated carbocycles. The smallest absolute Gasteiger partial charge is 0.0328 e. The third kappa shape index (κ3) is 4.73. The quantitative estimate of drug-likeness (QED) is 0.745. The molecule has 0 aromatic heterocycles. The van der Waals surface area contributed by atoms with Crippen molar-refractivity contribution in [2.75, 3.05) is 32.7 Å². The summed E-state index contributed by atoms with van der Waals surface area (Å²) in [6.45, 7) is 17.0. The highest BCUT2D eigenvalue weighted by molar-refractivity contribution is 4.94. The largest absolute Gasteiger partial charge is 0.329 e. The number of nitrogens with zero attached hydrogens (tertiary/aromatic N) is 1. The Bertz CT molecular complexity index is 234. The summed E-state index contributed by atoms with van der Waals surface area (Å²) in [4.78, 5) is 2.53. The Labute approximate surface area is 120 Å². The first-order chi connectivity index (χ1) is 8.94.